The van der Waals surface area contributed by atoms with Crippen molar-refractivity contribution in [3.05, 3.63) is 284 Å². The number of para-hydroxylation sites is 2. The molecule has 1 aliphatic carbocycles. The molecule has 0 heterocycles. The minimum absolute atomic E-state index is 1.08. The van der Waals surface area contributed by atoms with Gasteiger partial charge < -0.3 is 9.80 Å². The fraction of sp³-hybridized carbons (Fsp3) is 0.0286. The smallest absolute Gasteiger partial charge is 0.0546 e. The number of aryl methyl sites for hydroxylation is 1. The molecule has 340 valence electrons. The highest BCUT2D eigenvalue weighted by atomic mass is 15.1. The van der Waals surface area contributed by atoms with E-state index in [4.69, 9.17) is 0 Å². The molecule has 0 N–H and O–H groups in total. The molecule has 0 unspecified atom stereocenters. The molecule has 0 aromatic heterocycles. The molecule has 0 fully saturated rings. The Balaban J connectivity index is 0.724. The third-order valence-corrected chi connectivity index (χ3v) is 14.5. The molecule has 0 saturated heterocycles. The van der Waals surface area contributed by atoms with Crippen molar-refractivity contribution < 1.29 is 0 Å². The fourth-order valence-corrected chi connectivity index (χ4v) is 10.9. The van der Waals surface area contributed by atoms with Crippen LogP contribution in [0.3, 0.4) is 0 Å². The van der Waals surface area contributed by atoms with Gasteiger partial charge in [-0.25, -0.2) is 0 Å². The largest absolute Gasteiger partial charge is 0.310 e. The Morgan fingerprint density at radius 3 is 1.06 bits per heavy atom. The summed E-state index contributed by atoms with van der Waals surface area (Å²) in [5, 5.41) is 7.59. The molecule has 2 heteroatoms. The van der Waals surface area contributed by atoms with E-state index in [1.165, 1.54) is 93.6 Å². The zero-order valence-corrected chi connectivity index (χ0v) is 39.9. The molecule has 0 radical (unpaired) electrons. The van der Waals surface area contributed by atoms with E-state index in [0.717, 1.165) is 41.3 Å². The van der Waals surface area contributed by atoms with Gasteiger partial charge in [0.25, 0.3) is 0 Å². The molecule has 0 atom stereocenters. The topological polar surface area (TPSA) is 6.48 Å². The van der Waals surface area contributed by atoms with Gasteiger partial charge in [0.2, 0.25) is 0 Å². The molecule has 1 aliphatic rings. The van der Waals surface area contributed by atoms with Gasteiger partial charge in [-0.1, -0.05) is 218 Å². The number of hydrogen-bond acceptors (Lipinski definition) is 2. The van der Waals surface area contributed by atoms with Gasteiger partial charge in [-0.05, 0) is 151 Å². The van der Waals surface area contributed by atoms with Crippen LogP contribution in [0.5, 0.6) is 0 Å². The van der Waals surface area contributed by atoms with Crippen LogP contribution in [0.1, 0.15) is 17.5 Å². The first kappa shape index (κ1) is 42.8. The van der Waals surface area contributed by atoms with Crippen LogP contribution in [0.15, 0.2) is 273 Å². The summed E-state index contributed by atoms with van der Waals surface area (Å²) in [6, 6.07) is 97.3. The molecule has 0 aliphatic heterocycles. The van der Waals surface area contributed by atoms with Crippen LogP contribution >= 0.6 is 0 Å². The summed E-state index contributed by atoms with van der Waals surface area (Å²) in [5.74, 6) is 0. The number of hydrogen-bond donors (Lipinski definition) is 0. The summed E-state index contributed by atoms with van der Waals surface area (Å²) in [6.45, 7) is 0. The van der Waals surface area contributed by atoms with Crippen molar-refractivity contribution in [2.75, 3.05) is 9.80 Å². The van der Waals surface area contributed by atoms with E-state index < -0.39 is 0 Å². The molecule has 0 saturated carbocycles. The van der Waals surface area contributed by atoms with Crippen LogP contribution in [-0.2, 0) is 6.42 Å². The van der Waals surface area contributed by atoms with E-state index in [1.54, 1.807) is 0 Å². The summed E-state index contributed by atoms with van der Waals surface area (Å²) < 4.78 is 0. The molecular weight excluding hydrogens is 869 g/mol. The van der Waals surface area contributed by atoms with Gasteiger partial charge in [-0.3, -0.25) is 0 Å². The lowest BCUT2D eigenvalue weighted by Gasteiger charge is -2.29. The third-order valence-electron chi connectivity index (χ3n) is 14.5. The van der Waals surface area contributed by atoms with Crippen LogP contribution in [0.25, 0.3) is 82.9 Å². The molecular formula is C70H50N2. The summed E-state index contributed by atoms with van der Waals surface area (Å²) >= 11 is 0. The normalized spacial score (nSPS) is 12.0. The van der Waals surface area contributed by atoms with E-state index >= 15 is 0 Å². The highest BCUT2D eigenvalue weighted by Gasteiger charge is 2.21. The van der Waals surface area contributed by atoms with E-state index in [9.17, 15) is 0 Å². The van der Waals surface area contributed by atoms with Gasteiger partial charge in [0.15, 0.2) is 0 Å². The maximum atomic E-state index is 2.41. The monoisotopic (exact) mass is 918 g/mol. The van der Waals surface area contributed by atoms with Crippen molar-refractivity contribution in [1.82, 2.24) is 0 Å². The van der Waals surface area contributed by atoms with E-state index in [1.807, 2.05) is 0 Å². The molecule has 0 bridgehead atoms. The van der Waals surface area contributed by atoms with Crippen LogP contribution in [0.4, 0.5) is 34.1 Å². The summed E-state index contributed by atoms with van der Waals surface area (Å²) in [5.41, 5.74) is 19.2. The van der Waals surface area contributed by atoms with Gasteiger partial charge in [-0.15, -0.1) is 0 Å². The first-order valence-electron chi connectivity index (χ1n) is 25.0. The zero-order chi connectivity index (χ0) is 47.8. The second kappa shape index (κ2) is 18.6. The lowest BCUT2D eigenvalue weighted by molar-refractivity contribution is 0.997. The molecule has 13 rings (SSSR count). The first-order valence-corrected chi connectivity index (χ1v) is 25.0. The van der Waals surface area contributed by atoms with Crippen molar-refractivity contribution >= 4 is 72.5 Å². The minimum atomic E-state index is 1.08. The number of benzene rings is 12. The molecule has 0 amide bonds. The predicted molar refractivity (Wildman–Crippen MR) is 307 cm³/mol. The van der Waals surface area contributed by atoms with E-state index in [0.29, 0.717) is 0 Å². The Morgan fingerprint density at radius 1 is 0.264 bits per heavy atom. The Bertz CT molecular complexity index is 3910. The lowest BCUT2D eigenvalue weighted by atomic mass is 9.90. The van der Waals surface area contributed by atoms with Crippen molar-refractivity contribution in [2.45, 2.75) is 12.8 Å². The molecule has 72 heavy (non-hydrogen) atoms. The maximum Gasteiger partial charge on any atom is 0.0546 e. The van der Waals surface area contributed by atoms with E-state index in [-0.39, 0.29) is 0 Å². The Labute approximate surface area is 421 Å². The number of allylic oxidation sites excluding steroid dienone is 1. The van der Waals surface area contributed by atoms with E-state index in [2.05, 4.69) is 289 Å². The molecule has 2 nitrogen and oxygen atoms in total. The van der Waals surface area contributed by atoms with Crippen molar-refractivity contribution in [3.63, 3.8) is 0 Å². The van der Waals surface area contributed by atoms with Crippen LogP contribution in [0, 0.1) is 0 Å². The quantitative estimate of drug-likeness (QED) is 0.126. The van der Waals surface area contributed by atoms with Gasteiger partial charge >= 0.3 is 0 Å². The molecule has 12 aromatic rings. The lowest BCUT2D eigenvalue weighted by Crippen LogP contribution is -2.11. The Kier molecular flexibility index (Phi) is 11.1. The SMILES string of the molecule is C1=Cc2cc(N(c3ccccc3)c3ccc(-c4ccc(-c5ccc(-c6ccc(-c7ccc(N(c8ccccc8)c8cc9ccccc9c9ccccc89)cc7)cc6)cc5)cc4)cc3)c3ccccc3c2CC1. The van der Waals surface area contributed by atoms with Crippen molar-refractivity contribution in [2.24, 2.45) is 0 Å². The van der Waals surface area contributed by atoms with Gasteiger partial charge in [0.1, 0.15) is 0 Å². The highest BCUT2D eigenvalue weighted by Crippen LogP contribution is 2.45. The second-order valence-electron chi connectivity index (χ2n) is 18.8. The van der Waals surface area contributed by atoms with Gasteiger partial charge in [0, 0.05) is 33.5 Å². The van der Waals surface area contributed by atoms with Gasteiger partial charge in [-0.2, -0.15) is 0 Å². The van der Waals surface area contributed by atoms with Gasteiger partial charge in [0.05, 0.1) is 11.4 Å². The number of fused-ring (bicyclic) bond motifs is 6. The van der Waals surface area contributed by atoms with Crippen molar-refractivity contribution in [1.29, 1.82) is 0 Å². The first-order chi connectivity index (χ1) is 35.7. The average Bonchev–Trinajstić information content (AvgIpc) is 3.46. The Morgan fingerprint density at radius 2 is 0.597 bits per heavy atom. The molecule has 12 aromatic carbocycles. The number of rotatable bonds is 10. The van der Waals surface area contributed by atoms with Crippen LogP contribution < -0.4 is 9.80 Å². The van der Waals surface area contributed by atoms with Crippen LogP contribution in [0.2, 0.25) is 0 Å². The average molecular weight is 919 g/mol. The Hall–Kier alpha value is -9.24. The number of nitrogens with zero attached hydrogens (tertiary/aromatic N) is 2. The zero-order valence-electron chi connectivity index (χ0n) is 39.9. The third kappa shape index (κ3) is 7.99. The fourth-order valence-electron chi connectivity index (χ4n) is 10.9. The summed E-state index contributed by atoms with van der Waals surface area (Å²) in [4.78, 5) is 4.79. The van der Waals surface area contributed by atoms with Crippen molar-refractivity contribution in [3.8, 4) is 44.5 Å². The second-order valence-corrected chi connectivity index (χ2v) is 18.8. The standard InChI is InChI=1S/C70H50N2/c1-3-17-59(18-4-1)71(69-47-57-15-7-9-21-63(57)65-23-11-13-25-67(65)69)61-43-39-55(40-44-61)53-35-31-51(32-36-53)49-27-29-50(30-28-49)52-33-37-54(38-34-52)56-41-45-62(46-42-56)72(60-19-5-2-6-20-60)70-48-58-16-8-10-22-64(58)66-24-12-14-26-68(66)70/h1-9,11-21,23-48H,10,22H2. The minimum Gasteiger partial charge on any atom is -0.310 e. The maximum absolute atomic E-state index is 2.41. The van der Waals surface area contributed by atoms with Crippen LogP contribution in [-0.4, -0.2) is 0 Å². The molecule has 0 spiro atoms. The number of anilines is 6. The highest BCUT2D eigenvalue weighted by molar-refractivity contribution is 6.14. The summed E-state index contributed by atoms with van der Waals surface area (Å²) in [6.07, 6.45) is 6.76. The predicted octanol–water partition coefficient (Wildman–Crippen LogP) is 19.7. The summed E-state index contributed by atoms with van der Waals surface area (Å²) in [7, 11) is 0.